The van der Waals surface area contributed by atoms with Crippen LogP contribution in [-0.2, 0) is 11.2 Å². The lowest BCUT2D eigenvalue weighted by molar-refractivity contribution is -0.133. The molecule has 0 saturated carbocycles. The van der Waals surface area contributed by atoms with Crippen LogP contribution in [0, 0.1) is 0 Å². The van der Waals surface area contributed by atoms with E-state index in [4.69, 9.17) is 4.74 Å². The molecule has 1 aliphatic rings. The van der Waals surface area contributed by atoms with Gasteiger partial charge in [-0.3, -0.25) is 9.78 Å². The van der Waals surface area contributed by atoms with E-state index in [1.807, 2.05) is 47.4 Å². The van der Waals surface area contributed by atoms with Crippen LogP contribution >= 0.6 is 0 Å². The van der Waals surface area contributed by atoms with Gasteiger partial charge < -0.3 is 9.64 Å². The molecule has 0 radical (unpaired) electrons. The second kappa shape index (κ2) is 8.70. The van der Waals surface area contributed by atoms with Gasteiger partial charge in [0.25, 0.3) is 0 Å². The van der Waals surface area contributed by atoms with Crippen LogP contribution < -0.4 is 4.74 Å². The molecule has 0 saturated heterocycles. The molecule has 0 aliphatic carbocycles. The summed E-state index contributed by atoms with van der Waals surface area (Å²) in [5.41, 5.74) is 3.64. The molecule has 4 heteroatoms. The Kier molecular flexibility index (Phi) is 5.66. The van der Waals surface area contributed by atoms with Crippen LogP contribution in [0.15, 0.2) is 79.1 Å². The van der Waals surface area contributed by atoms with E-state index >= 15 is 0 Å². The summed E-state index contributed by atoms with van der Waals surface area (Å²) >= 11 is 0. The molecular formula is C24H24N2O2. The molecule has 28 heavy (non-hydrogen) atoms. The molecule has 1 atom stereocenters. The number of carbonyl (C=O) groups is 1. The number of aromatic nitrogens is 1. The fourth-order valence-electron chi connectivity index (χ4n) is 3.81. The number of para-hydroxylation sites is 1. The predicted octanol–water partition coefficient (Wildman–Crippen LogP) is 4.41. The minimum Gasteiger partial charge on any atom is -0.494 e. The molecule has 3 aromatic rings. The Morgan fingerprint density at radius 2 is 1.75 bits per heavy atom. The monoisotopic (exact) mass is 372 g/mol. The van der Waals surface area contributed by atoms with E-state index in [-0.39, 0.29) is 11.9 Å². The van der Waals surface area contributed by atoms with Gasteiger partial charge in [0.15, 0.2) is 0 Å². The highest BCUT2D eigenvalue weighted by Gasteiger charge is 2.31. The van der Waals surface area contributed by atoms with Crippen LogP contribution in [0.2, 0.25) is 0 Å². The van der Waals surface area contributed by atoms with Gasteiger partial charge in [0.2, 0.25) is 5.91 Å². The average Bonchev–Trinajstić information content (AvgIpc) is 2.77. The molecule has 4 rings (SSSR count). The van der Waals surface area contributed by atoms with Crippen LogP contribution in [0.4, 0.5) is 0 Å². The van der Waals surface area contributed by atoms with Crippen molar-refractivity contribution in [1.29, 1.82) is 0 Å². The Labute approximate surface area is 165 Å². The van der Waals surface area contributed by atoms with Crippen molar-refractivity contribution in [3.05, 3.63) is 95.8 Å². The average molecular weight is 372 g/mol. The fraction of sp³-hybridized carbons (Fsp3) is 0.250. The molecule has 0 N–H and O–H groups in total. The Morgan fingerprint density at radius 3 is 2.57 bits per heavy atom. The van der Waals surface area contributed by atoms with E-state index < -0.39 is 0 Å². The van der Waals surface area contributed by atoms with Gasteiger partial charge in [0.1, 0.15) is 5.75 Å². The molecule has 4 nitrogen and oxygen atoms in total. The van der Waals surface area contributed by atoms with Crippen molar-refractivity contribution in [2.45, 2.75) is 25.3 Å². The van der Waals surface area contributed by atoms with Crippen molar-refractivity contribution in [3.8, 4) is 5.75 Å². The van der Waals surface area contributed by atoms with Crippen LogP contribution in [0.5, 0.6) is 5.75 Å². The summed E-state index contributed by atoms with van der Waals surface area (Å²) in [5, 5.41) is 0. The fourth-order valence-corrected chi connectivity index (χ4v) is 3.81. The van der Waals surface area contributed by atoms with E-state index in [1.165, 1.54) is 11.1 Å². The van der Waals surface area contributed by atoms with Crippen molar-refractivity contribution in [2.75, 3.05) is 13.2 Å². The van der Waals surface area contributed by atoms with Crippen molar-refractivity contribution >= 4 is 5.91 Å². The standard InChI is InChI=1S/C24H24N2O2/c27-23(11-6-18-28-21-8-2-1-3-9-21)26-17-14-19-7-4-5-10-22(19)24(26)20-12-15-25-16-13-20/h1-5,7-10,12-13,15-16,24H,6,11,14,17-18H2. The number of fused-ring (bicyclic) bond motifs is 1. The third kappa shape index (κ3) is 4.06. The van der Waals surface area contributed by atoms with Gasteiger partial charge in [-0.2, -0.15) is 0 Å². The zero-order chi connectivity index (χ0) is 19.2. The number of rotatable bonds is 6. The van der Waals surface area contributed by atoms with E-state index in [0.717, 1.165) is 24.3 Å². The third-order valence-corrected chi connectivity index (χ3v) is 5.17. The smallest absolute Gasteiger partial charge is 0.223 e. The number of pyridine rings is 1. The third-order valence-electron chi connectivity index (χ3n) is 5.17. The number of nitrogens with zero attached hydrogens (tertiary/aromatic N) is 2. The molecule has 1 amide bonds. The summed E-state index contributed by atoms with van der Waals surface area (Å²) in [6, 6.07) is 22.1. The Hall–Kier alpha value is -3.14. The lowest BCUT2D eigenvalue weighted by Crippen LogP contribution is -2.40. The highest BCUT2D eigenvalue weighted by molar-refractivity contribution is 5.77. The maximum Gasteiger partial charge on any atom is 0.223 e. The first-order valence-electron chi connectivity index (χ1n) is 9.78. The lowest BCUT2D eigenvalue weighted by Gasteiger charge is -2.38. The first-order chi connectivity index (χ1) is 13.8. The van der Waals surface area contributed by atoms with Gasteiger partial charge in [-0.15, -0.1) is 0 Å². The summed E-state index contributed by atoms with van der Waals surface area (Å²) in [4.78, 5) is 19.2. The molecule has 2 heterocycles. The van der Waals surface area contributed by atoms with Crippen molar-refractivity contribution in [3.63, 3.8) is 0 Å². The number of hydrogen-bond acceptors (Lipinski definition) is 3. The van der Waals surface area contributed by atoms with Gasteiger partial charge in [-0.05, 0) is 53.8 Å². The highest BCUT2D eigenvalue weighted by Crippen LogP contribution is 2.35. The topological polar surface area (TPSA) is 42.4 Å². The van der Waals surface area contributed by atoms with E-state index in [9.17, 15) is 4.79 Å². The van der Waals surface area contributed by atoms with E-state index in [1.54, 1.807) is 12.4 Å². The van der Waals surface area contributed by atoms with Crippen molar-refractivity contribution in [1.82, 2.24) is 9.88 Å². The summed E-state index contributed by atoms with van der Waals surface area (Å²) in [7, 11) is 0. The second-order valence-corrected chi connectivity index (χ2v) is 6.98. The van der Waals surface area contributed by atoms with Crippen LogP contribution in [-0.4, -0.2) is 28.9 Å². The van der Waals surface area contributed by atoms with Crippen LogP contribution in [0.25, 0.3) is 0 Å². The number of benzene rings is 2. The maximum absolute atomic E-state index is 13.1. The molecule has 1 aliphatic heterocycles. The SMILES string of the molecule is O=C(CCCOc1ccccc1)N1CCc2ccccc2C1c1ccncc1. The van der Waals surface area contributed by atoms with Crippen LogP contribution in [0.1, 0.15) is 35.6 Å². The largest absolute Gasteiger partial charge is 0.494 e. The molecule has 1 unspecified atom stereocenters. The number of amides is 1. The minimum atomic E-state index is -0.0458. The van der Waals surface area contributed by atoms with Gasteiger partial charge in [-0.1, -0.05) is 42.5 Å². The molecule has 1 aromatic heterocycles. The van der Waals surface area contributed by atoms with Crippen LogP contribution in [0.3, 0.4) is 0 Å². The van der Waals surface area contributed by atoms with Gasteiger partial charge >= 0.3 is 0 Å². The zero-order valence-electron chi connectivity index (χ0n) is 15.8. The van der Waals surface area contributed by atoms with E-state index in [0.29, 0.717) is 19.4 Å². The van der Waals surface area contributed by atoms with Crippen molar-refractivity contribution in [2.24, 2.45) is 0 Å². The van der Waals surface area contributed by atoms with E-state index in [2.05, 4.69) is 29.2 Å². The second-order valence-electron chi connectivity index (χ2n) is 6.98. The zero-order valence-corrected chi connectivity index (χ0v) is 15.8. The summed E-state index contributed by atoms with van der Waals surface area (Å²) in [6.07, 6.45) is 5.67. The number of carbonyl (C=O) groups excluding carboxylic acids is 1. The molecule has 0 bridgehead atoms. The van der Waals surface area contributed by atoms with Crippen molar-refractivity contribution < 1.29 is 9.53 Å². The molecular weight excluding hydrogens is 348 g/mol. The first kappa shape index (κ1) is 18.2. The minimum absolute atomic E-state index is 0.0458. The Bertz CT molecular complexity index is 912. The number of hydrogen-bond donors (Lipinski definition) is 0. The molecule has 2 aromatic carbocycles. The molecule has 0 fully saturated rings. The number of ether oxygens (including phenoxy) is 1. The summed E-state index contributed by atoms with van der Waals surface area (Å²) in [5.74, 6) is 1.02. The Morgan fingerprint density at radius 1 is 1.00 bits per heavy atom. The molecule has 0 spiro atoms. The molecule has 142 valence electrons. The van der Waals surface area contributed by atoms with Gasteiger partial charge in [0, 0.05) is 25.4 Å². The maximum atomic E-state index is 13.1. The van der Waals surface area contributed by atoms with Gasteiger partial charge in [-0.25, -0.2) is 0 Å². The summed E-state index contributed by atoms with van der Waals surface area (Å²) < 4.78 is 5.73. The van der Waals surface area contributed by atoms with Gasteiger partial charge in [0.05, 0.1) is 12.6 Å². The lowest BCUT2D eigenvalue weighted by atomic mass is 9.88. The summed E-state index contributed by atoms with van der Waals surface area (Å²) in [6.45, 7) is 1.28. The highest BCUT2D eigenvalue weighted by atomic mass is 16.5. The first-order valence-corrected chi connectivity index (χ1v) is 9.78. The quantitative estimate of drug-likeness (QED) is 0.602. The normalized spacial score (nSPS) is 15.7. The predicted molar refractivity (Wildman–Crippen MR) is 109 cm³/mol. The Balaban J connectivity index is 1.45.